The van der Waals surface area contributed by atoms with Gasteiger partial charge in [0.15, 0.2) is 0 Å². The van der Waals surface area contributed by atoms with E-state index in [9.17, 15) is 4.79 Å². The van der Waals surface area contributed by atoms with Crippen molar-refractivity contribution in [3.05, 3.63) is 23.3 Å². The highest BCUT2D eigenvalue weighted by Crippen LogP contribution is 2.16. The van der Waals surface area contributed by atoms with Crippen LogP contribution in [0.1, 0.15) is 63.9 Å². The van der Waals surface area contributed by atoms with Crippen LogP contribution < -0.4 is 0 Å². The first-order valence-corrected chi connectivity index (χ1v) is 9.73. The molecule has 144 valence electrons. The van der Waals surface area contributed by atoms with Crippen LogP contribution in [0.5, 0.6) is 0 Å². The first-order valence-electron chi connectivity index (χ1n) is 9.73. The van der Waals surface area contributed by atoms with Crippen LogP contribution in [0.25, 0.3) is 5.78 Å². The van der Waals surface area contributed by atoms with Gasteiger partial charge in [0, 0.05) is 30.9 Å². The molecule has 6 nitrogen and oxygen atoms in total. The van der Waals surface area contributed by atoms with Gasteiger partial charge in [0.25, 0.3) is 5.78 Å². The van der Waals surface area contributed by atoms with Crippen molar-refractivity contribution in [2.24, 2.45) is 11.8 Å². The van der Waals surface area contributed by atoms with Crippen molar-refractivity contribution in [2.75, 3.05) is 13.1 Å². The SMILES string of the molecule is Cc1nc2ncnn2c(C)c1CCC(=O)N(CCC(C)C)CCC(C)C. The van der Waals surface area contributed by atoms with E-state index in [1.807, 2.05) is 18.7 Å². The number of carbonyl (C=O) groups excluding carboxylic acids is 1. The zero-order valence-corrected chi connectivity index (χ0v) is 17.1. The second-order valence-corrected chi connectivity index (χ2v) is 7.98. The zero-order chi connectivity index (χ0) is 19.3. The maximum atomic E-state index is 12.8. The van der Waals surface area contributed by atoms with Gasteiger partial charge in [0.1, 0.15) is 6.33 Å². The van der Waals surface area contributed by atoms with Crippen molar-refractivity contribution in [3.63, 3.8) is 0 Å². The molecule has 2 rings (SSSR count). The molecule has 0 spiro atoms. The largest absolute Gasteiger partial charge is 0.343 e. The first kappa shape index (κ1) is 20.3. The third-order valence-corrected chi connectivity index (χ3v) is 4.88. The van der Waals surface area contributed by atoms with Crippen molar-refractivity contribution in [1.29, 1.82) is 0 Å². The van der Waals surface area contributed by atoms with Crippen LogP contribution in [0, 0.1) is 25.7 Å². The molecule has 0 saturated heterocycles. The van der Waals surface area contributed by atoms with Gasteiger partial charge in [0.05, 0.1) is 0 Å². The Morgan fingerprint density at radius 1 is 1.12 bits per heavy atom. The molecule has 2 aromatic heterocycles. The molecule has 6 heteroatoms. The Bertz CT molecular complexity index is 723. The standard InChI is InChI=1S/C20H33N5O/c1-14(2)9-11-24(12-10-15(3)4)19(26)8-7-18-16(5)23-20-21-13-22-25(20)17(18)6/h13-15H,7-12H2,1-6H3. The second-order valence-electron chi connectivity index (χ2n) is 7.98. The molecule has 1 amide bonds. The molecule has 0 atom stereocenters. The van der Waals surface area contributed by atoms with Gasteiger partial charge in [0.2, 0.25) is 5.91 Å². The normalized spacial score (nSPS) is 11.7. The van der Waals surface area contributed by atoms with E-state index < -0.39 is 0 Å². The number of aromatic nitrogens is 4. The molecule has 26 heavy (non-hydrogen) atoms. The molecular formula is C20H33N5O. The highest BCUT2D eigenvalue weighted by atomic mass is 16.2. The van der Waals surface area contributed by atoms with Gasteiger partial charge in [-0.3, -0.25) is 4.79 Å². The number of amides is 1. The van der Waals surface area contributed by atoms with E-state index in [-0.39, 0.29) is 5.91 Å². The summed E-state index contributed by atoms with van der Waals surface area (Å²) < 4.78 is 1.75. The molecule has 0 aromatic carbocycles. The minimum absolute atomic E-state index is 0.240. The Balaban J connectivity index is 2.06. The van der Waals surface area contributed by atoms with Gasteiger partial charge in [-0.2, -0.15) is 10.1 Å². The summed E-state index contributed by atoms with van der Waals surface area (Å²) in [7, 11) is 0. The lowest BCUT2D eigenvalue weighted by molar-refractivity contribution is -0.131. The third kappa shape index (κ3) is 5.26. The molecule has 0 aliphatic carbocycles. The molecule has 0 fully saturated rings. The van der Waals surface area contributed by atoms with Crippen molar-refractivity contribution in [2.45, 2.75) is 67.2 Å². The van der Waals surface area contributed by atoms with Crippen LogP contribution in [0.3, 0.4) is 0 Å². The molecular weight excluding hydrogens is 326 g/mol. The molecule has 0 unspecified atom stereocenters. The highest BCUT2D eigenvalue weighted by molar-refractivity contribution is 5.76. The minimum Gasteiger partial charge on any atom is -0.343 e. The van der Waals surface area contributed by atoms with Gasteiger partial charge in [-0.1, -0.05) is 27.7 Å². The lowest BCUT2D eigenvalue weighted by atomic mass is 10.0. The van der Waals surface area contributed by atoms with Crippen LogP contribution >= 0.6 is 0 Å². The molecule has 0 aliphatic rings. The highest BCUT2D eigenvalue weighted by Gasteiger charge is 2.17. The summed E-state index contributed by atoms with van der Waals surface area (Å²) in [4.78, 5) is 23.6. The quantitative estimate of drug-likeness (QED) is 0.686. The molecule has 2 aromatic rings. The Kier molecular flexibility index (Phi) is 7.12. The summed E-state index contributed by atoms with van der Waals surface area (Å²) in [6.45, 7) is 14.5. The lowest BCUT2D eigenvalue weighted by Crippen LogP contribution is -2.34. The monoisotopic (exact) mass is 359 g/mol. The van der Waals surface area contributed by atoms with Gasteiger partial charge >= 0.3 is 0 Å². The van der Waals surface area contributed by atoms with Crippen molar-refractivity contribution in [3.8, 4) is 0 Å². The van der Waals surface area contributed by atoms with E-state index in [2.05, 4.69) is 42.8 Å². The number of rotatable bonds is 9. The van der Waals surface area contributed by atoms with Gasteiger partial charge < -0.3 is 4.90 Å². The molecule has 0 radical (unpaired) electrons. The number of fused-ring (bicyclic) bond motifs is 1. The number of nitrogens with zero attached hydrogens (tertiary/aromatic N) is 5. The van der Waals surface area contributed by atoms with Gasteiger partial charge in [-0.15, -0.1) is 0 Å². The Labute approximate surface area is 157 Å². The molecule has 2 heterocycles. The Hall–Kier alpha value is -1.98. The lowest BCUT2D eigenvalue weighted by Gasteiger charge is -2.25. The summed E-state index contributed by atoms with van der Waals surface area (Å²) in [5.74, 6) is 2.06. The van der Waals surface area contributed by atoms with Gasteiger partial charge in [-0.25, -0.2) is 9.50 Å². The average Bonchev–Trinajstić information content (AvgIpc) is 3.02. The predicted octanol–water partition coefficient (Wildman–Crippen LogP) is 3.59. The van der Waals surface area contributed by atoms with E-state index in [0.29, 0.717) is 30.5 Å². The number of aryl methyl sites for hydroxylation is 2. The van der Waals surface area contributed by atoms with E-state index in [4.69, 9.17) is 0 Å². The maximum absolute atomic E-state index is 12.8. The second kappa shape index (κ2) is 9.10. The Morgan fingerprint density at radius 3 is 2.31 bits per heavy atom. The molecule has 0 N–H and O–H groups in total. The van der Waals surface area contributed by atoms with Crippen LogP contribution in [0.4, 0.5) is 0 Å². The topological polar surface area (TPSA) is 63.4 Å². The summed E-state index contributed by atoms with van der Waals surface area (Å²) in [5, 5.41) is 4.23. The van der Waals surface area contributed by atoms with E-state index in [1.54, 1.807) is 4.52 Å². The summed E-state index contributed by atoms with van der Waals surface area (Å²) in [6.07, 6.45) is 4.82. The van der Waals surface area contributed by atoms with Crippen LogP contribution in [0.15, 0.2) is 6.33 Å². The minimum atomic E-state index is 0.240. The van der Waals surface area contributed by atoms with Crippen LogP contribution in [-0.4, -0.2) is 43.5 Å². The van der Waals surface area contributed by atoms with E-state index >= 15 is 0 Å². The van der Waals surface area contributed by atoms with Crippen molar-refractivity contribution >= 4 is 11.7 Å². The average molecular weight is 360 g/mol. The molecule has 0 bridgehead atoms. The fourth-order valence-corrected chi connectivity index (χ4v) is 3.10. The number of hydrogen-bond acceptors (Lipinski definition) is 4. The fourth-order valence-electron chi connectivity index (χ4n) is 3.10. The summed E-state index contributed by atoms with van der Waals surface area (Å²) >= 11 is 0. The van der Waals surface area contributed by atoms with Crippen LogP contribution in [-0.2, 0) is 11.2 Å². The van der Waals surface area contributed by atoms with Gasteiger partial charge in [-0.05, 0) is 50.5 Å². The molecule has 0 aliphatic heterocycles. The smallest absolute Gasteiger partial charge is 0.252 e. The Morgan fingerprint density at radius 2 is 1.73 bits per heavy atom. The zero-order valence-electron chi connectivity index (χ0n) is 17.1. The summed E-state index contributed by atoms with van der Waals surface area (Å²) in [6, 6.07) is 0. The predicted molar refractivity (Wildman–Crippen MR) is 104 cm³/mol. The van der Waals surface area contributed by atoms with E-state index in [0.717, 1.165) is 42.9 Å². The number of hydrogen-bond donors (Lipinski definition) is 0. The number of carbonyl (C=O) groups is 1. The van der Waals surface area contributed by atoms with Crippen molar-refractivity contribution < 1.29 is 4.79 Å². The maximum Gasteiger partial charge on any atom is 0.252 e. The van der Waals surface area contributed by atoms with Crippen molar-refractivity contribution in [1.82, 2.24) is 24.5 Å². The fraction of sp³-hybridized carbons (Fsp3) is 0.700. The van der Waals surface area contributed by atoms with E-state index in [1.165, 1.54) is 6.33 Å². The van der Waals surface area contributed by atoms with Crippen LogP contribution in [0.2, 0.25) is 0 Å². The molecule has 0 saturated carbocycles. The summed E-state index contributed by atoms with van der Waals surface area (Å²) in [5.41, 5.74) is 3.06. The first-order chi connectivity index (χ1) is 12.3. The third-order valence-electron chi connectivity index (χ3n) is 4.88.